The van der Waals surface area contributed by atoms with E-state index in [0.29, 0.717) is 17.9 Å². The zero-order valence-corrected chi connectivity index (χ0v) is 22.8. The SMILES string of the molecule is CC[Si](CC)(CC)OC1CCC[C@@]2(C)C1CCC2[C@@H](C)COS(=O)(=O)c1ccc(C)cc1. The summed E-state index contributed by atoms with van der Waals surface area (Å²) in [5.41, 5.74) is 1.26. The van der Waals surface area contributed by atoms with Gasteiger partial charge in [-0.05, 0) is 86.0 Å². The molecule has 182 valence electrons. The Bertz CT molecular complexity index is 841. The molecule has 0 aromatic heterocycles. The lowest BCUT2D eigenvalue weighted by molar-refractivity contribution is -0.0236. The van der Waals surface area contributed by atoms with E-state index < -0.39 is 18.4 Å². The highest BCUT2D eigenvalue weighted by atomic mass is 32.2. The van der Waals surface area contributed by atoms with Crippen molar-refractivity contribution in [2.75, 3.05) is 6.61 Å². The van der Waals surface area contributed by atoms with Gasteiger partial charge in [0.2, 0.25) is 0 Å². The standard InChI is InChI=1S/C26H44O4SSi/c1-7-32(8-2,9-3)30-25-11-10-18-26(6)23(16-17-24(25)26)21(5)19-29-31(27,28)22-14-12-20(4)13-15-22/h12-15,21,23-25H,7-11,16-19H2,1-6H3/t21-,23?,24?,25?,26+/m0/s1. The summed E-state index contributed by atoms with van der Waals surface area (Å²) in [6.07, 6.45) is 6.35. The summed E-state index contributed by atoms with van der Waals surface area (Å²) in [6, 6.07) is 10.5. The number of hydrogen-bond donors (Lipinski definition) is 0. The molecular formula is C26H44O4SSi. The minimum Gasteiger partial charge on any atom is -0.414 e. The van der Waals surface area contributed by atoms with Crippen LogP contribution in [-0.4, -0.2) is 29.4 Å². The van der Waals surface area contributed by atoms with Crippen LogP contribution in [-0.2, 0) is 18.7 Å². The van der Waals surface area contributed by atoms with Gasteiger partial charge >= 0.3 is 0 Å². The Morgan fingerprint density at radius 2 is 1.69 bits per heavy atom. The molecule has 1 aromatic rings. The summed E-state index contributed by atoms with van der Waals surface area (Å²) in [5, 5.41) is 0. The molecule has 0 aliphatic heterocycles. The van der Waals surface area contributed by atoms with Crippen molar-refractivity contribution in [2.24, 2.45) is 23.2 Å². The molecule has 3 rings (SSSR count). The topological polar surface area (TPSA) is 52.6 Å². The average Bonchev–Trinajstić information content (AvgIpc) is 3.14. The van der Waals surface area contributed by atoms with Gasteiger partial charge in [0.1, 0.15) is 0 Å². The Hall–Kier alpha value is -0.693. The molecule has 4 nitrogen and oxygen atoms in total. The van der Waals surface area contributed by atoms with Crippen LogP contribution in [0.25, 0.3) is 0 Å². The van der Waals surface area contributed by atoms with Crippen LogP contribution in [0.15, 0.2) is 29.2 Å². The average molecular weight is 481 g/mol. The molecule has 2 saturated carbocycles. The lowest BCUT2D eigenvalue weighted by atomic mass is 9.62. The lowest BCUT2D eigenvalue weighted by Gasteiger charge is -2.48. The molecule has 0 bridgehead atoms. The smallest absolute Gasteiger partial charge is 0.296 e. The number of fused-ring (bicyclic) bond motifs is 1. The van der Waals surface area contributed by atoms with Gasteiger partial charge in [-0.1, -0.05) is 58.7 Å². The molecule has 0 saturated heterocycles. The first-order valence-electron chi connectivity index (χ1n) is 12.7. The van der Waals surface area contributed by atoms with Crippen molar-refractivity contribution < 1.29 is 17.0 Å². The first-order valence-corrected chi connectivity index (χ1v) is 16.7. The second-order valence-electron chi connectivity index (χ2n) is 10.6. The number of aryl methyl sites for hydroxylation is 1. The predicted molar refractivity (Wildman–Crippen MR) is 134 cm³/mol. The molecule has 0 amide bonds. The summed E-state index contributed by atoms with van der Waals surface area (Å²) < 4.78 is 38.0. The van der Waals surface area contributed by atoms with E-state index in [1.807, 2.05) is 19.1 Å². The van der Waals surface area contributed by atoms with Crippen molar-refractivity contribution in [3.05, 3.63) is 29.8 Å². The molecule has 5 atom stereocenters. The van der Waals surface area contributed by atoms with Crippen molar-refractivity contribution in [2.45, 2.75) is 103 Å². The van der Waals surface area contributed by atoms with Gasteiger partial charge in [-0.2, -0.15) is 8.42 Å². The van der Waals surface area contributed by atoms with Crippen LogP contribution in [0.1, 0.15) is 72.3 Å². The highest BCUT2D eigenvalue weighted by Gasteiger charge is 2.54. The van der Waals surface area contributed by atoms with Crippen molar-refractivity contribution in [1.29, 1.82) is 0 Å². The van der Waals surface area contributed by atoms with Crippen LogP contribution in [0.5, 0.6) is 0 Å². The zero-order chi connectivity index (χ0) is 23.6. The van der Waals surface area contributed by atoms with Gasteiger partial charge in [-0.3, -0.25) is 4.18 Å². The van der Waals surface area contributed by atoms with Crippen LogP contribution < -0.4 is 0 Å². The van der Waals surface area contributed by atoms with E-state index >= 15 is 0 Å². The van der Waals surface area contributed by atoms with E-state index in [-0.39, 0.29) is 22.8 Å². The monoisotopic (exact) mass is 480 g/mol. The summed E-state index contributed by atoms with van der Waals surface area (Å²) in [5.74, 6) is 1.27. The molecule has 0 spiro atoms. The number of hydrogen-bond acceptors (Lipinski definition) is 4. The van der Waals surface area contributed by atoms with E-state index in [4.69, 9.17) is 8.61 Å². The third-order valence-corrected chi connectivity index (χ3v) is 14.9. The van der Waals surface area contributed by atoms with Gasteiger partial charge in [-0.25, -0.2) is 0 Å². The molecule has 0 radical (unpaired) electrons. The molecule has 32 heavy (non-hydrogen) atoms. The number of benzene rings is 1. The largest absolute Gasteiger partial charge is 0.414 e. The van der Waals surface area contributed by atoms with E-state index in [2.05, 4.69) is 34.6 Å². The Morgan fingerprint density at radius 3 is 2.28 bits per heavy atom. The van der Waals surface area contributed by atoms with E-state index in [9.17, 15) is 8.42 Å². The maximum Gasteiger partial charge on any atom is 0.296 e. The highest BCUT2D eigenvalue weighted by Crippen LogP contribution is 2.58. The molecule has 1 aromatic carbocycles. The fourth-order valence-corrected chi connectivity index (χ4v) is 10.6. The minimum atomic E-state index is -3.71. The Balaban J connectivity index is 1.68. The third kappa shape index (κ3) is 5.18. The van der Waals surface area contributed by atoms with Gasteiger partial charge in [0.25, 0.3) is 10.1 Å². The van der Waals surface area contributed by atoms with Crippen LogP contribution in [0.3, 0.4) is 0 Å². The quantitative estimate of drug-likeness (QED) is 0.269. The van der Waals surface area contributed by atoms with E-state index in [1.165, 1.54) is 43.8 Å². The third-order valence-electron chi connectivity index (χ3n) is 8.95. The fraction of sp³-hybridized carbons (Fsp3) is 0.769. The predicted octanol–water partition coefficient (Wildman–Crippen LogP) is 6.94. The van der Waals surface area contributed by atoms with Crippen LogP contribution in [0.4, 0.5) is 0 Å². The maximum absolute atomic E-state index is 12.7. The molecule has 2 fully saturated rings. The number of rotatable bonds is 10. The molecule has 0 heterocycles. The molecule has 2 aliphatic carbocycles. The van der Waals surface area contributed by atoms with Gasteiger partial charge in [0.05, 0.1) is 11.5 Å². The highest BCUT2D eigenvalue weighted by molar-refractivity contribution is 7.86. The molecule has 0 N–H and O–H groups in total. The summed E-state index contributed by atoms with van der Waals surface area (Å²) in [7, 11) is -5.35. The molecule has 2 aliphatic rings. The van der Waals surface area contributed by atoms with Crippen LogP contribution in [0.2, 0.25) is 18.1 Å². The molecule has 6 heteroatoms. The van der Waals surface area contributed by atoms with E-state index in [0.717, 1.165) is 12.0 Å². The normalized spacial score (nSPS) is 29.6. The van der Waals surface area contributed by atoms with Gasteiger partial charge < -0.3 is 4.43 Å². The Kier molecular flexibility index (Phi) is 8.33. The summed E-state index contributed by atoms with van der Waals surface area (Å²) in [6.45, 7) is 13.8. The summed E-state index contributed by atoms with van der Waals surface area (Å²) in [4.78, 5) is 0.247. The van der Waals surface area contributed by atoms with Crippen molar-refractivity contribution in [1.82, 2.24) is 0 Å². The van der Waals surface area contributed by atoms with Gasteiger partial charge in [0.15, 0.2) is 8.32 Å². The van der Waals surface area contributed by atoms with Gasteiger partial charge in [-0.15, -0.1) is 0 Å². The fourth-order valence-electron chi connectivity index (χ4n) is 6.64. The first-order chi connectivity index (χ1) is 15.1. The molecular weight excluding hydrogens is 436 g/mol. The van der Waals surface area contributed by atoms with Crippen molar-refractivity contribution in [3.63, 3.8) is 0 Å². The van der Waals surface area contributed by atoms with Crippen molar-refractivity contribution in [3.8, 4) is 0 Å². The Labute approximate surface area is 197 Å². The van der Waals surface area contributed by atoms with Crippen LogP contribution in [0, 0.1) is 30.1 Å². The molecule has 3 unspecified atom stereocenters. The van der Waals surface area contributed by atoms with Gasteiger partial charge in [0, 0.05) is 6.10 Å². The summed E-state index contributed by atoms with van der Waals surface area (Å²) >= 11 is 0. The lowest BCUT2D eigenvalue weighted by Crippen LogP contribution is -2.48. The minimum absolute atomic E-state index is 0.203. The zero-order valence-electron chi connectivity index (χ0n) is 21.0. The second-order valence-corrected chi connectivity index (χ2v) is 17.0. The first kappa shape index (κ1) is 25.9. The Morgan fingerprint density at radius 1 is 1.06 bits per heavy atom. The second kappa shape index (κ2) is 10.3. The van der Waals surface area contributed by atoms with Crippen LogP contribution >= 0.6 is 0 Å². The van der Waals surface area contributed by atoms with E-state index in [1.54, 1.807) is 12.1 Å². The maximum atomic E-state index is 12.7. The van der Waals surface area contributed by atoms with Crippen molar-refractivity contribution >= 4 is 18.4 Å².